The minimum Gasteiger partial charge on any atom is -0.490 e. The van der Waals surface area contributed by atoms with E-state index in [9.17, 15) is 0 Å². The van der Waals surface area contributed by atoms with Gasteiger partial charge in [-0.1, -0.05) is 22.0 Å². The second-order valence-electron chi connectivity index (χ2n) is 4.19. The van der Waals surface area contributed by atoms with Gasteiger partial charge in [0.25, 0.3) is 0 Å². The summed E-state index contributed by atoms with van der Waals surface area (Å²) in [5, 5.41) is 0. The molecular formula is C15H16BrNO2. The molecule has 0 unspecified atom stereocenters. The molecule has 2 N–H and O–H groups in total. The Morgan fingerprint density at radius 3 is 2.42 bits per heavy atom. The number of ether oxygens (including phenoxy) is 2. The maximum Gasteiger partial charge on any atom is 0.142 e. The smallest absolute Gasteiger partial charge is 0.142 e. The fraction of sp³-hybridized carbons (Fsp3) is 0.200. The summed E-state index contributed by atoms with van der Waals surface area (Å²) in [5.74, 6) is 1.53. The molecule has 0 amide bonds. The van der Waals surface area contributed by atoms with Crippen LogP contribution in [0.5, 0.6) is 11.5 Å². The number of nitrogen functional groups attached to an aromatic ring is 1. The third kappa shape index (κ3) is 4.17. The fourth-order valence-electron chi connectivity index (χ4n) is 1.61. The van der Waals surface area contributed by atoms with E-state index in [2.05, 4.69) is 15.9 Å². The van der Waals surface area contributed by atoms with Crippen LogP contribution in [0.3, 0.4) is 0 Å². The molecule has 0 aliphatic heterocycles. The van der Waals surface area contributed by atoms with Gasteiger partial charge in [0, 0.05) is 4.47 Å². The van der Waals surface area contributed by atoms with Gasteiger partial charge in [-0.25, -0.2) is 0 Å². The van der Waals surface area contributed by atoms with Crippen LogP contribution in [-0.2, 0) is 0 Å². The van der Waals surface area contributed by atoms with Crippen molar-refractivity contribution in [2.45, 2.75) is 6.92 Å². The second kappa shape index (κ2) is 6.48. The summed E-state index contributed by atoms with van der Waals surface area (Å²) in [6.07, 6.45) is 0. The first-order valence-electron chi connectivity index (χ1n) is 6.02. The zero-order valence-electron chi connectivity index (χ0n) is 10.7. The van der Waals surface area contributed by atoms with E-state index in [0.29, 0.717) is 24.7 Å². The van der Waals surface area contributed by atoms with Gasteiger partial charge >= 0.3 is 0 Å². The first kappa shape index (κ1) is 13.7. The van der Waals surface area contributed by atoms with Crippen molar-refractivity contribution < 1.29 is 9.47 Å². The Morgan fingerprint density at radius 2 is 1.68 bits per heavy atom. The average Bonchev–Trinajstić information content (AvgIpc) is 2.40. The second-order valence-corrected chi connectivity index (χ2v) is 5.11. The molecular weight excluding hydrogens is 306 g/mol. The standard InChI is InChI=1S/C15H16BrNO2/c1-11-2-7-14(17)15(10-11)19-9-8-18-13-5-3-12(16)4-6-13/h2-7,10H,8-9,17H2,1H3. The molecule has 0 atom stereocenters. The summed E-state index contributed by atoms with van der Waals surface area (Å²) in [5.41, 5.74) is 7.60. The molecule has 0 fully saturated rings. The monoisotopic (exact) mass is 321 g/mol. The molecule has 0 spiro atoms. The van der Waals surface area contributed by atoms with Crippen molar-refractivity contribution in [3.8, 4) is 11.5 Å². The van der Waals surface area contributed by atoms with Gasteiger partial charge < -0.3 is 15.2 Å². The molecule has 4 heteroatoms. The van der Waals surface area contributed by atoms with Gasteiger partial charge in [0.1, 0.15) is 24.7 Å². The lowest BCUT2D eigenvalue weighted by molar-refractivity contribution is 0.218. The summed E-state index contributed by atoms with van der Waals surface area (Å²) in [7, 11) is 0. The molecule has 2 rings (SSSR count). The number of anilines is 1. The lowest BCUT2D eigenvalue weighted by atomic mass is 10.2. The Labute approximate surface area is 121 Å². The lowest BCUT2D eigenvalue weighted by Crippen LogP contribution is -2.10. The van der Waals surface area contributed by atoms with E-state index in [-0.39, 0.29) is 0 Å². The Kier molecular flexibility index (Phi) is 4.68. The van der Waals surface area contributed by atoms with Gasteiger partial charge in [-0.15, -0.1) is 0 Å². The largest absolute Gasteiger partial charge is 0.490 e. The van der Waals surface area contributed by atoms with E-state index in [1.807, 2.05) is 49.4 Å². The van der Waals surface area contributed by atoms with Gasteiger partial charge in [0.05, 0.1) is 5.69 Å². The van der Waals surface area contributed by atoms with Crippen LogP contribution in [0.4, 0.5) is 5.69 Å². The maximum absolute atomic E-state index is 5.83. The fourth-order valence-corrected chi connectivity index (χ4v) is 1.87. The third-order valence-electron chi connectivity index (χ3n) is 2.59. The molecule has 0 saturated carbocycles. The first-order chi connectivity index (χ1) is 9.15. The van der Waals surface area contributed by atoms with Gasteiger partial charge in [-0.05, 0) is 48.9 Å². The number of aryl methyl sites for hydroxylation is 1. The quantitative estimate of drug-likeness (QED) is 0.673. The van der Waals surface area contributed by atoms with Crippen LogP contribution < -0.4 is 15.2 Å². The van der Waals surface area contributed by atoms with E-state index in [0.717, 1.165) is 15.8 Å². The van der Waals surface area contributed by atoms with E-state index in [1.165, 1.54) is 0 Å². The highest BCUT2D eigenvalue weighted by Crippen LogP contribution is 2.22. The summed E-state index contributed by atoms with van der Waals surface area (Å²) in [4.78, 5) is 0. The van der Waals surface area contributed by atoms with Crippen LogP contribution in [0.2, 0.25) is 0 Å². The predicted octanol–water partition coefficient (Wildman–Crippen LogP) is 3.80. The molecule has 0 saturated heterocycles. The average molecular weight is 322 g/mol. The van der Waals surface area contributed by atoms with Crippen molar-refractivity contribution in [1.82, 2.24) is 0 Å². The highest BCUT2D eigenvalue weighted by atomic mass is 79.9. The summed E-state index contributed by atoms with van der Waals surface area (Å²) >= 11 is 3.38. The van der Waals surface area contributed by atoms with Crippen LogP contribution in [0, 0.1) is 6.92 Å². The Hall–Kier alpha value is -1.68. The number of nitrogens with two attached hydrogens (primary N) is 1. The zero-order chi connectivity index (χ0) is 13.7. The number of rotatable bonds is 5. The van der Waals surface area contributed by atoms with Gasteiger partial charge in [-0.2, -0.15) is 0 Å². The topological polar surface area (TPSA) is 44.5 Å². The van der Waals surface area contributed by atoms with Gasteiger partial charge in [0.15, 0.2) is 0 Å². The summed E-state index contributed by atoms with van der Waals surface area (Å²) in [6.45, 7) is 2.95. The van der Waals surface area contributed by atoms with E-state index < -0.39 is 0 Å². The Morgan fingerprint density at radius 1 is 1.00 bits per heavy atom. The molecule has 2 aromatic rings. The molecule has 2 aromatic carbocycles. The van der Waals surface area contributed by atoms with Gasteiger partial charge in [0.2, 0.25) is 0 Å². The number of hydrogen-bond donors (Lipinski definition) is 1. The van der Waals surface area contributed by atoms with Crippen molar-refractivity contribution in [1.29, 1.82) is 0 Å². The van der Waals surface area contributed by atoms with Crippen molar-refractivity contribution in [3.63, 3.8) is 0 Å². The van der Waals surface area contributed by atoms with Crippen LogP contribution in [0.25, 0.3) is 0 Å². The SMILES string of the molecule is Cc1ccc(N)c(OCCOc2ccc(Br)cc2)c1. The normalized spacial score (nSPS) is 10.2. The number of hydrogen-bond acceptors (Lipinski definition) is 3. The molecule has 3 nitrogen and oxygen atoms in total. The lowest BCUT2D eigenvalue weighted by Gasteiger charge is -2.10. The molecule has 0 heterocycles. The highest BCUT2D eigenvalue weighted by Gasteiger charge is 2.00. The van der Waals surface area contributed by atoms with E-state index in [1.54, 1.807) is 0 Å². The molecule has 0 radical (unpaired) electrons. The number of halogens is 1. The van der Waals surface area contributed by atoms with Crippen LogP contribution in [0.1, 0.15) is 5.56 Å². The van der Waals surface area contributed by atoms with E-state index in [4.69, 9.17) is 15.2 Å². The zero-order valence-corrected chi connectivity index (χ0v) is 12.3. The highest BCUT2D eigenvalue weighted by molar-refractivity contribution is 9.10. The van der Waals surface area contributed by atoms with Crippen molar-refractivity contribution in [3.05, 3.63) is 52.5 Å². The van der Waals surface area contributed by atoms with Crippen LogP contribution in [-0.4, -0.2) is 13.2 Å². The molecule has 0 aliphatic rings. The van der Waals surface area contributed by atoms with Gasteiger partial charge in [-0.3, -0.25) is 0 Å². The molecule has 0 aromatic heterocycles. The van der Waals surface area contributed by atoms with Crippen LogP contribution in [0.15, 0.2) is 46.9 Å². The Bertz CT molecular complexity index is 540. The summed E-state index contributed by atoms with van der Waals surface area (Å²) in [6, 6.07) is 13.4. The van der Waals surface area contributed by atoms with Crippen LogP contribution >= 0.6 is 15.9 Å². The molecule has 0 aliphatic carbocycles. The minimum atomic E-state index is 0.462. The molecule has 100 valence electrons. The number of benzene rings is 2. The predicted molar refractivity (Wildman–Crippen MR) is 80.7 cm³/mol. The molecule has 19 heavy (non-hydrogen) atoms. The van der Waals surface area contributed by atoms with Crippen molar-refractivity contribution in [2.24, 2.45) is 0 Å². The Balaban J connectivity index is 1.80. The maximum atomic E-state index is 5.83. The molecule has 0 bridgehead atoms. The first-order valence-corrected chi connectivity index (χ1v) is 6.82. The third-order valence-corrected chi connectivity index (χ3v) is 3.12. The minimum absolute atomic E-state index is 0.462. The van der Waals surface area contributed by atoms with E-state index >= 15 is 0 Å². The summed E-state index contributed by atoms with van der Waals surface area (Å²) < 4.78 is 12.2. The van der Waals surface area contributed by atoms with Crippen molar-refractivity contribution in [2.75, 3.05) is 18.9 Å². The van der Waals surface area contributed by atoms with Crippen molar-refractivity contribution >= 4 is 21.6 Å².